The first-order valence-electron chi connectivity index (χ1n) is 6.22. The Morgan fingerprint density at radius 3 is 2.31 bits per heavy atom. The molecule has 1 aromatic carbocycles. The third-order valence-electron chi connectivity index (χ3n) is 3.10. The van der Waals surface area contributed by atoms with Crippen LogP contribution in [0.15, 0.2) is 24.3 Å². The number of benzene rings is 1. The van der Waals surface area contributed by atoms with Gasteiger partial charge in [-0.05, 0) is 30.2 Å². The number of nitrogens with two attached hydrogens (primary N) is 1. The van der Waals surface area contributed by atoms with Gasteiger partial charge in [-0.25, -0.2) is 0 Å². The van der Waals surface area contributed by atoms with Gasteiger partial charge in [0.15, 0.2) is 0 Å². The third kappa shape index (κ3) is 4.23. The minimum atomic E-state index is 0.772. The molecule has 0 bridgehead atoms. The second kappa shape index (κ2) is 6.54. The molecule has 1 unspecified atom stereocenters. The maximum absolute atomic E-state index is 5.68. The van der Waals surface area contributed by atoms with E-state index in [-0.39, 0.29) is 0 Å². The summed E-state index contributed by atoms with van der Waals surface area (Å²) in [5.74, 6) is 0.772. The summed E-state index contributed by atoms with van der Waals surface area (Å²) in [6.45, 7) is 10.1. The van der Waals surface area contributed by atoms with E-state index in [1.165, 1.54) is 18.5 Å². The molecule has 1 aromatic rings. The highest BCUT2D eigenvalue weighted by molar-refractivity contribution is 5.39. The van der Waals surface area contributed by atoms with Crippen molar-refractivity contribution in [3.05, 3.63) is 29.8 Å². The molecule has 0 spiro atoms. The molecule has 0 aliphatic rings. The fourth-order valence-electron chi connectivity index (χ4n) is 1.76. The van der Waals surface area contributed by atoms with Crippen LogP contribution >= 0.6 is 0 Å². The minimum Gasteiger partial charge on any atom is -0.399 e. The van der Waals surface area contributed by atoms with E-state index < -0.39 is 0 Å². The molecule has 0 aliphatic carbocycles. The molecule has 0 aliphatic heterocycles. The van der Waals surface area contributed by atoms with E-state index in [4.69, 9.17) is 5.73 Å². The molecule has 0 fully saturated rings. The highest BCUT2D eigenvalue weighted by atomic mass is 15.1. The standard InChI is InChI=1S/C14H24N2/c1-4-12(3)10-16(5-2)11-13-6-8-14(15)9-7-13/h6-9,12H,4-5,10-11,15H2,1-3H3. The van der Waals surface area contributed by atoms with Crippen LogP contribution in [0.1, 0.15) is 32.8 Å². The molecule has 2 heteroatoms. The molecular weight excluding hydrogens is 196 g/mol. The van der Waals surface area contributed by atoms with Gasteiger partial charge < -0.3 is 5.73 Å². The lowest BCUT2D eigenvalue weighted by Gasteiger charge is -2.23. The van der Waals surface area contributed by atoms with E-state index in [1.807, 2.05) is 12.1 Å². The van der Waals surface area contributed by atoms with Gasteiger partial charge in [-0.1, -0.05) is 39.3 Å². The lowest BCUT2D eigenvalue weighted by atomic mass is 10.1. The van der Waals surface area contributed by atoms with Crippen molar-refractivity contribution in [1.82, 2.24) is 4.90 Å². The van der Waals surface area contributed by atoms with Crippen molar-refractivity contribution in [2.24, 2.45) is 5.92 Å². The molecule has 0 aromatic heterocycles. The zero-order valence-electron chi connectivity index (χ0n) is 10.7. The molecule has 0 saturated heterocycles. The number of rotatable bonds is 6. The Morgan fingerprint density at radius 1 is 1.19 bits per heavy atom. The van der Waals surface area contributed by atoms with Crippen molar-refractivity contribution in [3.63, 3.8) is 0 Å². The summed E-state index contributed by atoms with van der Waals surface area (Å²) in [6.07, 6.45) is 1.25. The summed E-state index contributed by atoms with van der Waals surface area (Å²) in [5.41, 5.74) is 7.87. The zero-order chi connectivity index (χ0) is 12.0. The van der Waals surface area contributed by atoms with Crippen molar-refractivity contribution in [2.75, 3.05) is 18.8 Å². The average Bonchev–Trinajstić information content (AvgIpc) is 2.30. The van der Waals surface area contributed by atoms with Gasteiger partial charge in [0.05, 0.1) is 0 Å². The average molecular weight is 220 g/mol. The third-order valence-corrected chi connectivity index (χ3v) is 3.10. The predicted octanol–water partition coefficient (Wildman–Crippen LogP) is 3.14. The van der Waals surface area contributed by atoms with Gasteiger partial charge in [-0.2, -0.15) is 0 Å². The van der Waals surface area contributed by atoms with Crippen LogP contribution in [-0.2, 0) is 6.54 Å². The summed E-state index contributed by atoms with van der Waals surface area (Å²) in [5, 5.41) is 0. The van der Waals surface area contributed by atoms with Gasteiger partial charge in [0, 0.05) is 18.8 Å². The van der Waals surface area contributed by atoms with Gasteiger partial charge in [-0.15, -0.1) is 0 Å². The van der Waals surface area contributed by atoms with Crippen molar-refractivity contribution < 1.29 is 0 Å². The van der Waals surface area contributed by atoms with Gasteiger partial charge in [0.25, 0.3) is 0 Å². The topological polar surface area (TPSA) is 29.3 Å². The van der Waals surface area contributed by atoms with Crippen LogP contribution in [0.4, 0.5) is 5.69 Å². The minimum absolute atomic E-state index is 0.772. The predicted molar refractivity (Wildman–Crippen MR) is 71.3 cm³/mol. The van der Waals surface area contributed by atoms with Crippen molar-refractivity contribution in [2.45, 2.75) is 33.7 Å². The molecule has 16 heavy (non-hydrogen) atoms. The molecule has 0 heterocycles. The molecule has 2 N–H and O–H groups in total. The quantitative estimate of drug-likeness (QED) is 0.746. The van der Waals surface area contributed by atoms with Gasteiger partial charge in [-0.3, -0.25) is 4.90 Å². The molecular formula is C14H24N2. The van der Waals surface area contributed by atoms with Gasteiger partial charge >= 0.3 is 0 Å². The number of hydrogen-bond acceptors (Lipinski definition) is 2. The molecule has 0 amide bonds. The monoisotopic (exact) mass is 220 g/mol. The number of nitrogens with zero attached hydrogens (tertiary/aromatic N) is 1. The fraction of sp³-hybridized carbons (Fsp3) is 0.571. The highest BCUT2D eigenvalue weighted by Crippen LogP contribution is 2.11. The Bertz CT molecular complexity index is 292. The van der Waals surface area contributed by atoms with Crippen molar-refractivity contribution in [3.8, 4) is 0 Å². The van der Waals surface area contributed by atoms with E-state index in [0.29, 0.717) is 0 Å². The Morgan fingerprint density at radius 2 is 1.81 bits per heavy atom. The molecule has 2 nitrogen and oxygen atoms in total. The van der Waals surface area contributed by atoms with Crippen LogP contribution in [0.3, 0.4) is 0 Å². The number of hydrogen-bond donors (Lipinski definition) is 1. The van der Waals surface area contributed by atoms with E-state index in [0.717, 1.165) is 24.7 Å². The lowest BCUT2D eigenvalue weighted by Crippen LogP contribution is -2.27. The van der Waals surface area contributed by atoms with Gasteiger partial charge in [0.1, 0.15) is 0 Å². The van der Waals surface area contributed by atoms with Crippen LogP contribution < -0.4 is 5.73 Å². The van der Waals surface area contributed by atoms with Crippen LogP contribution in [-0.4, -0.2) is 18.0 Å². The molecule has 1 atom stereocenters. The zero-order valence-corrected chi connectivity index (χ0v) is 10.7. The van der Waals surface area contributed by atoms with Crippen LogP contribution in [0, 0.1) is 5.92 Å². The van der Waals surface area contributed by atoms with E-state index in [2.05, 4.69) is 37.8 Å². The van der Waals surface area contributed by atoms with Gasteiger partial charge in [0.2, 0.25) is 0 Å². The Hall–Kier alpha value is -1.02. The van der Waals surface area contributed by atoms with E-state index in [9.17, 15) is 0 Å². The van der Waals surface area contributed by atoms with E-state index >= 15 is 0 Å². The summed E-state index contributed by atoms with van der Waals surface area (Å²) in [4.78, 5) is 2.49. The lowest BCUT2D eigenvalue weighted by molar-refractivity contribution is 0.238. The number of anilines is 1. The molecule has 0 radical (unpaired) electrons. The SMILES string of the molecule is CCC(C)CN(CC)Cc1ccc(N)cc1. The Balaban J connectivity index is 2.52. The fourth-order valence-corrected chi connectivity index (χ4v) is 1.76. The van der Waals surface area contributed by atoms with Crippen molar-refractivity contribution in [1.29, 1.82) is 0 Å². The largest absolute Gasteiger partial charge is 0.399 e. The smallest absolute Gasteiger partial charge is 0.0314 e. The summed E-state index contributed by atoms with van der Waals surface area (Å²) < 4.78 is 0. The maximum atomic E-state index is 5.68. The first-order chi connectivity index (χ1) is 7.65. The Kier molecular flexibility index (Phi) is 5.33. The second-order valence-corrected chi connectivity index (χ2v) is 4.58. The molecule has 90 valence electrons. The van der Waals surface area contributed by atoms with E-state index in [1.54, 1.807) is 0 Å². The van der Waals surface area contributed by atoms with Crippen LogP contribution in [0.5, 0.6) is 0 Å². The molecule has 1 rings (SSSR count). The number of nitrogen functional groups attached to an aromatic ring is 1. The Labute approximate surface area is 99.5 Å². The second-order valence-electron chi connectivity index (χ2n) is 4.58. The normalized spacial score (nSPS) is 13.0. The molecule has 0 saturated carbocycles. The summed E-state index contributed by atoms with van der Waals surface area (Å²) >= 11 is 0. The first kappa shape index (κ1) is 13.0. The van der Waals surface area contributed by atoms with Crippen LogP contribution in [0.2, 0.25) is 0 Å². The van der Waals surface area contributed by atoms with Crippen LogP contribution in [0.25, 0.3) is 0 Å². The maximum Gasteiger partial charge on any atom is 0.0314 e. The summed E-state index contributed by atoms with van der Waals surface area (Å²) in [6, 6.07) is 8.20. The first-order valence-corrected chi connectivity index (χ1v) is 6.22. The summed E-state index contributed by atoms with van der Waals surface area (Å²) in [7, 11) is 0. The highest BCUT2D eigenvalue weighted by Gasteiger charge is 2.07. The van der Waals surface area contributed by atoms with Crippen molar-refractivity contribution >= 4 is 5.69 Å².